The van der Waals surface area contributed by atoms with E-state index in [1.165, 1.54) is 12.8 Å². The lowest BCUT2D eigenvalue weighted by Crippen LogP contribution is -2.48. The monoisotopic (exact) mass is 190 g/mol. The molecule has 0 aromatic heterocycles. The molecule has 0 unspecified atom stereocenters. The molecule has 1 fully saturated rings. The Hall–Kier alpha value is 0.0700. The molecule has 1 rings (SSSR count). The van der Waals surface area contributed by atoms with E-state index in [1.807, 2.05) is 0 Å². The molecule has 1 aliphatic rings. The van der Waals surface area contributed by atoms with E-state index < -0.39 is 0 Å². The lowest BCUT2D eigenvalue weighted by atomic mass is 10.2. The highest BCUT2D eigenvalue weighted by atomic mass is 32.1. The van der Waals surface area contributed by atoms with Crippen LogP contribution in [-0.2, 0) is 12.4 Å². The van der Waals surface area contributed by atoms with Crippen LogP contribution in [0, 0.1) is 0 Å². The average molecular weight is 190 g/mol. The average Bonchev–Trinajstić information content (AvgIpc) is 2.03. The maximum atomic E-state index is 5.20. The normalized spacial score (nSPS) is 24.9. The van der Waals surface area contributed by atoms with Crippen LogP contribution in [0.3, 0.4) is 0 Å². The van der Waals surface area contributed by atoms with E-state index in [2.05, 4.69) is 14.1 Å². The van der Waals surface area contributed by atoms with E-state index in [-0.39, 0.29) is 0 Å². The van der Waals surface area contributed by atoms with Gasteiger partial charge in [0.15, 0.2) is 0 Å². The maximum absolute atomic E-state index is 5.20. The number of hydrogen-bond acceptors (Lipinski definition) is 2. The molecule has 0 aromatic carbocycles. The molecule has 1 heterocycles. The van der Waals surface area contributed by atoms with Crippen LogP contribution in [0.25, 0.3) is 0 Å². The van der Waals surface area contributed by atoms with Crippen LogP contribution in [0.2, 0.25) is 0 Å². The Labute approximate surface area is 78.5 Å². The van der Waals surface area contributed by atoms with Crippen molar-refractivity contribution in [1.82, 2.24) is 0 Å². The van der Waals surface area contributed by atoms with Crippen molar-refractivity contribution in [2.45, 2.75) is 19.3 Å². The fourth-order valence-corrected chi connectivity index (χ4v) is 1.80. The second kappa shape index (κ2) is 3.21. The highest BCUT2D eigenvalue weighted by Crippen LogP contribution is 2.12. The van der Waals surface area contributed by atoms with Crippen LogP contribution in [0.15, 0.2) is 0 Å². The topological polar surface area (TPSA) is 3.01 Å². The molecule has 2 nitrogen and oxygen atoms in total. The van der Waals surface area contributed by atoms with E-state index in [0.717, 1.165) is 22.5 Å². The van der Waals surface area contributed by atoms with Crippen LogP contribution in [0.4, 0.5) is 0 Å². The Morgan fingerprint density at radius 1 is 1.36 bits per heavy atom. The molecular formula is C7H14N2S2+2. The molecule has 11 heavy (non-hydrogen) atoms. The van der Waals surface area contributed by atoms with Crippen LogP contribution in [-0.4, -0.2) is 34.3 Å². The number of quaternary nitrogens is 1. The Balaban J connectivity index is 2.81. The molecule has 0 saturated carbocycles. The van der Waals surface area contributed by atoms with Crippen molar-refractivity contribution in [3.8, 4) is 0 Å². The highest BCUT2D eigenvalue weighted by Gasteiger charge is 2.35. The van der Waals surface area contributed by atoms with E-state index in [4.69, 9.17) is 24.6 Å². The minimum absolute atomic E-state index is 0.730. The minimum atomic E-state index is 0.730. The van der Waals surface area contributed by atoms with Gasteiger partial charge in [0.05, 0.1) is 10.5 Å². The molecule has 62 valence electrons. The predicted molar refractivity (Wildman–Crippen MR) is 51.0 cm³/mol. The second-order valence-corrected chi connectivity index (χ2v) is 4.29. The van der Waals surface area contributed by atoms with Gasteiger partial charge >= 0.3 is 17.4 Å². The zero-order valence-corrected chi connectivity index (χ0v) is 8.67. The lowest BCUT2D eigenvalue weighted by Gasteiger charge is -2.17. The molecule has 1 aliphatic heterocycles. The summed E-state index contributed by atoms with van der Waals surface area (Å²) in [7, 11) is 4.20. The fraction of sp³-hybridized carbons (Fsp3) is 0.857. The van der Waals surface area contributed by atoms with E-state index in [1.54, 1.807) is 4.05 Å². The van der Waals surface area contributed by atoms with E-state index in [9.17, 15) is 0 Å². The van der Waals surface area contributed by atoms with Crippen LogP contribution >= 0.6 is 12.2 Å². The summed E-state index contributed by atoms with van der Waals surface area (Å²) in [4.78, 5) is 0.919. The summed E-state index contributed by atoms with van der Waals surface area (Å²) in [5.74, 6) is 0. The first-order valence-corrected chi connectivity index (χ1v) is 4.65. The van der Waals surface area contributed by atoms with Crippen molar-refractivity contribution in [2.75, 3.05) is 20.6 Å². The van der Waals surface area contributed by atoms with Crippen molar-refractivity contribution >= 4 is 29.6 Å². The smallest absolute Gasteiger partial charge is 0.0889 e. The van der Waals surface area contributed by atoms with Gasteiger partial charge in [0.1, 0.15) is 20.6 Å². The van der Waals surface area contributed by atoms with Gasteiger partial charge in [-0.15, -0.1) is 0 Å². The summed E-state index contributed by atoms with van der Waals surface area (Å²) in [6.45, 7) is 1.10. The number of nitrogens with zero attached hydrogens (tertiary/aromatic N) is 2. The lowest BCUT2D eigenvalue weighted by molar-refractivity contribution is -1.27. The summed E-state index contributed by atoms with van der Waals surface area (Å²) in [6.07, 6.45) is 3.40. The third-order valence-electron chi connectivity index (χ3n) is 2.05. The molecule has 0 radical (unpaired) electrons. The Bertz CT molecular complexity index is 199. The molecule has 0 spiro atoms. The van der Waals surface area contributed by atoms with Crippen LogP contribution < -0.4 is 0 Å². The van der Waals surface area contributed by atoms with Gasteiger partial charge in [-0.1, -0.05) is 4.59 Å². The Kier molecular flexibility index (Phi) is 2.67. The van der Waals surface area contributed by atoms with Crippen molar-refractivity contribution in [3.63, 3.8) is 0 Å². The number of thiocarbonyl (C=S) groups is 1. The third-order valence-corrected chi connectivity index (χ3v) is 3.21. The molecule has 0 atom stereocenters. The minimum Gasteiger partial charge on any atom is -0.0889 e. The van der Waals surface area contributed by atoms with E-state index >= 15 is 0 Å². The van der Waals surface area contributed by atoms with Gasteiger partial charge in [-0.05, 0) is 18.6 Å². The summed E-state index contributed by atoms with van der Waals surface area (Å²) in [5, 5.41) is 0. The zero-order valence-electron chi connectivity index (χ0n) is 7.04. The molecule has 0 aliphatic carbocycles. The number of hydrogen-bond donors (Lipinski definition) is 0. The summed E-state index contributed by atoms with van der Waals surface area (Å²) >= 11 is 10.4. The third kappa shape index (κ3) is 2.01. The van der Waals surface area contributed by atoms with Crippen molar-refractivity contribution in [2.24, 2.45) is 0 Å². The largest absolute Gasteiger partial charge is 0.339 e. The van der Waals surface area contributed by atoms with Gasteiger partial charge < -0.3 is 0 Å². The molecule has 0 N–H and O–H groups in total. The molecule has 0 aromatic rings. The first-order valence-electron chi connectivity index (χ1n) is 3.87. The first-order chi connectivity index (χ1) is 5.04. The highest BCUT2D eigenvalue weighted by molar-refractivity contribution is 7.80. The van der Waals surface area contributed by atoms with Crippen molar-refractivity contribution in [1.29, 1.82) is 0 Å². The molecule has 1 saturated heterocycles. The van der Waals surface area contributed by atoms with Gasteiger partial charge in [0.2, 0.25) is 0 Å². The number of rotatable bonds is 0. The molecule has 0 bridgehead atoms. The van der Waals surface area contributed by atoms with Gasteiger partial charge in [0.25, 0.3) is 0 Å². The van der Waals surface area contributed by atoms with Gasteiger partial charge in [-0.2, -0.15) is 0 Å². The van der Waals surface area contributed by atoms with Gasteiger partial charge in [0, 0.05) is 6.42 Å². The predicted octanol–water partition coefficient (Wildman–Crippen LogP) is 1.23. The van der Waals surface area contributed by atoms with Crippen LogP contribution in [0.1, 0.15) is 19.3 Å². The second-order valence-electron chi connectivity index (χ2n) is 3.47. The standard InChI is InChI=1S/C7H14N2S2/c1-9(2)6-4-3-5-7(10)8(9)11/h3-6H2,1-2H3/q+2. The molecular weight excluding hydrogens is 176 g/mol. The van der Waals surface area contributed by atoms with Gasteiger partial charge in [-0.3, -0.25) is 0 Å². The van der Waals surface area contributed by atoms with Crippen LogP contribution in [0.5, 0.6) is 0 Å². The molecule has 4 heteroatoms. The SMILES string of the molecule is C[N+]1(C)CCCCC(=S)[N+]1=S. The Morgan fingerprint density at radius 2 is 2.00 bits per heavy atom. The first kappa shape index (κ1) is 9.16. The summed E-state index contributed by atoms with van der Waals surface area (Å²) in [5.41, 5.74) is 0. The van der Waals surface area contributed by atoms with Crippen molar-refractivity contribution in [3.05, 3.63) is 0 Å². The zero-order chi connectivity index (χ0) is 8.48. The quantitative estimate of drug-likeness (QED) is 0.321. The summed E-state index contributed by atoms with van der Waals surface area (Å²) < 4.78 is 2.51. The fourth-order valence-electron chi connectivity index (χ4n) is 1.26. The summed E-state index contributed by atoms with van der Waals surface area (Å²) in [6, 6.07) is 0. The maximum Gasteiger partial charge on any atom is 0.339 e. The molecule has 0 amide bonds. The van der Waals surface area contributed by atoms with Gasteiger partial charge in [-0.25, -0.2) is 0 Å². The van der Waals surface area contributed by atoms with E-state index in [0.29, 0.717) is 0 Å². The van der Waals surface area contributed by atoms with Crippen molar-refractivity contribution < 1.29 is 8.65 Å². The Morgan fingerprint density at radius 3 is 2.64 bits per heavy atom.